The third-order valence-electron chi connectivity index (χ3n) is 6.31. The molecule has 202 valence electrons. The second-order valence-corrected chi connectivity index (χ2v) is 11.0. The molecule has 0 rings (SSSR count). The van der Waals surface area contributed by atoms with Crippen molar-refractivity contribution in [1.29, 1.82) is 0 Å². The standard InChI is InChI=1S/C29H57NO4/c1-25(2)17-13-9-7-11-15-23-33-28(31)19-21-30(27(5)6)22-20-29(32)34-24-16-12-8-10-14-18-26(3)4/h25-27H,7-24H2,1-6H3. The van der Waals surface area contributed by atoms with Crippen LogP contribution in [0, 0.1) is 11.8 Å². The van der Waals surface area contributed by atoms with Gasteiger partial charge in [-0.1, -0.05) is 91.9 Å². The van der Waals surface area contributed by atoms with Gasteiger partial charge in [0.25, 0.3) is 0 Å². The molecule has 0 heterocycles. The maximum absolute atomic E-state index is 12.1. The third-order valence-corrected chi connectivity index (χ3v) is 6.31. The average molecular weight is 484 g/mol. The number of nitrogens with zero attached hydrogens (tertiary/aromatic N) is 1. The van der Waals surface area contributed by atoms with E-state index in [1.54, 1.807) is 0 Å². The Balaban J connectivity index is 3.77. The lowest BCUT2D eigenvalue weighted by atomic mass is 10.0. The number of hydrogen-bond acceptors (Lipinski definition) is 5. The van der Waals surface area contributed by atoms with Gasteiger partial charge in [-0.2, -0.15) is 0 Å². The van der Waals surface area contributed by atoms with Gasteiger partial charge in [-0.25, -0.2) is 0 Å². The van der Waals surface area contributed by atoms with E-state index in [1.807, 2.05) is 0 Å². The molecule has 0 aromatic carbocycles. The summed E-state index contributed by atoms with van der Waals surface area (Å²) in [6.45, 7) is 15.5. The first kappa shape index (κ1) is 32.9. The van der Waals surface area contributed by atoms with E-state index in [0.717, 1.165) is 37.5 Å². The van der Waals surface area contributed by atoms with Gasteiger partial charge in [-0.3, -0.25) is 14.5 Å². The summed E-state index contributed by atoms with van der Waals surface area (Å²) in [4.78, 5) is 26.3. The minimum atomic E-state index is -0.138. The van der Waals surface area contributed by atoms with Crippen LogP contribution in [0.2, 0.25) is 0 Å². The molecule has 0 aliphatic heterocycles. The number of carbonyl (C=O) groups is 2. The van der Waals surface area contributed by atoms with Crippen LogP contribution < -0.4 is 0 Å². The summed E-state index contributed by atoms with van der Waals surface area (Å²) in [5.41, 5.74) is 0. The minimum Gasteiger partial charge on any atom is -0.466 e. The minimum absolute atomic E-state index is 0.138. The Morgan fingerprint density at radius 3 is 1.26 bits per heavy atom. The van der Waals surface area contributed by atoms with Crippen molar-refractivity contribution in [1.82, 2.24) is 4.90 Å². The fraction of sp³-hybridized carbons (Fsp3) is 0.931. The molecule has 5 nitrogen and oxygen atoms in total. The maximum atomic E-state index is 12.1. The lowest BCUT2D eigenvalue weighted by Crippen LogP contribution is -2.35. The summed E-state index contributed by atoms with van der Waals surface area (Å²) in [6.07, 6.45) is 15.1. The van der Waals surface area contributed by atoms with Crippen molar-refractivity contribution in [3.8, 4) is 0 Å². The van der Waals surface area contributed by atoms with Crippen molar-refractivity contribution < 1.29 is 19.1 Å². The van der Waals surface area contributed by atoms with Crippen molar-refractivity contribution in [3.63, 3.8) is 0 Å². The van der Waals surface area contributed by atoms with Crippen LogP contribution in [0.25, 0.3) is 0 Å². The molecular formula is C29H57NO4. The largest absolute Gasteiger partial charge is 0.466 e. The second kappa shape index (κ2) is 22.4. The SMILES string of the molecule is CC(C)CCCCCCCOC(=O)CCN(CCC(=O)OCCCCCCCC(C)C)C(C)C. The van der Waals surface area contributed by atoms with Gasteiger partial charge < -0.3 is 9.47 Å². The topological polar surface area (TPSA) is 55.8 Å². The van der Waals surface area contributed by atoms with Gasteiger partial charge in [-0.05, 0) is 38.5 Å². The summed E-state index contributed by atoms with van der Waals surface area (Å²) in [5.74, 6) is 1.30. The monoisotopic (exact) mass is 483 g/mol. The Morgan fingerprint density at radius 2 is 0.912 bits per heavy atom. The van der Waals surface area contributed by atoms with Gasteiger partial charge in [0.15, 0.2) is 0 Å². The van der Waals surface area contributed by atoms with E-state index in [9.17, 15) is 9.59 Å². The van der Waals surface area contributed by atoms with Crippen LogP contribution in [-0.2, 0) is 19.1 Å². The highest BCUT2D eigenvalue weighted by Crippen LogP contribution is 2.12. The molecule has 0 aromatic rings. The quantitative estimate of drug-likeness (QED) is 0.111. The molecule has 0 saturated heterocycles. The van der Waals surface area contributed by atoms with Crippen LogP contribution in [0.4, 0.5) is 0 Å². The number of carbonyl (C=O) groups excluding carboxylic acids is 2. The van der Waals surface area contributed by atoms with E-state index < -0.39 is 0 Å². The molecule has 0 saturated carbocycles. The van der Waals surface area contributed by atoms with Gasteiger partial charge in [0.1, 0.15) is 0 Å². The van der Waals surface area contributed by atoms with Crippen LogP contribution in [0.5, 0.6) is 0 Å². The molecule has 0 bridgehead atoms. The molecule has 0 aliphatic carbocycles. The molecule has 0 N–H and O–H groups in total. The van der Waals surface area contributed by atoms with Gasteiger partial charge in [0.2, 0.25) is 0 Å². The van der Waals surface area contributed by atoms with E-state index in [1.165, 1.54) is 51.4 Å². The first-order valence-electron chi connectivity index (χ1n) is 14.3. The van der Waals surface area contributed by atoms with E-state index >= 15 is 0 Å². The lowest BCUT2D eigenvalue weighted by molar-refractivity contribution is -0.144. The molecule has 0 atom stereocenters. The van der Waals surface area contributed by atoms with Crippen LogP contribution in [0.1, 0.15) is 131 Å². The molecule has 5 heteroatoms. The van der Waals surface area contributed by atoms with Crippen molar-refractivity contribution in [3.05, 3.63) is 0 Å². The average Bonchev–Trinajstić information content (AvgIpc) is 2.76. The Hall–Kier alpha value is -1.10. The fourth-order valence-corrected chi connectivity index (χ4v) is 3.98. The number of ether oxygens (including phenoxy) is 2. The van der Waals surface area contributed by atoms with Gasteiger partial charge in [0.05, 0.1) is 26.1 Å². The normalized spacial score (nSPS) is 11.7. The predicted molar refractivity (Wildman–Crippen MR) is 143 cm³/mol. The molecule has 0 spiro atoms. The zero-order chi connectivity index (χ0) is 25.6. The summed E-state index contributed by atoms with van der Waals surface area (Å²) in [6, 6.07) is 0.275. The van der Waals surface area contributed by atoms with E-state index in [2.05, 4.69) is 46.4 Å². The van der Waals surface area contributed by atoms with E-state index in [4.69, 9.17) is 9.47 Å². The Bertz CT molecular complexity index is 451. The Labute approximate surface area is 211 Å². The Morgan fingerprint density at radius 1 is 0.559 bits per heavy atom. The number of unbranched alkanes of at least 4 members (excludes halogenated alkanes) is 8. The number of hydrogen-bond donors (Lipinski definition) is 0. The summed E-state index contributed by atoms with van der Waals surface area (Å²) >= 11 is 0. The van der Waals surface area contributed by atoms with E-state index in [0.29, 0.717) is 39.1 Å². The van der Waals surface area contributed by atoms with Crippen LogP contribution >= 0.6 is 0 Å². The first-order valence-corrected chi connectivity index (χ1v) is 14.3. The molecule has 0 radical (unpaired) electrons. The third kappa shape index (κ3) is 22.7. The summed E-state index contributed by atoms with van der Waals surface area (Å²) in [5, 5.41) is 0. The van der Waals surface area contributed by atoms with Crippen LogP contribution in [0.3, 0.4) is 0 Å². The van der Waals surface area contributed by atoms with Gasteiger partial charge in [0, 0.05) is 19.1 Å². The van der Waals surface area contributed by atoms with Gasteiger partial charge in [-0.15, -0.1) is 0 Å². The summed E-state index contributed by atoms with van der Waals surface area (Å²) in [7, 11) is 0. The predicted octanol–water partition coefficient (Wildman–Crippen LogP) is 7.56. The second-order valence-electron chi connectivity index (χ2n) is 11.0. The number of rotatable bonds is 23. The maximum Gasteiger partial charge on any atom is 0.307 e. The van der Waals surface area contributed by atoms with Crippen molar-refractivity contribution >= 4 is 11.9 Å². The fourth-order valence-electron chi connectivity index (χ4n) is 3.98. The zero-order valence-corrected chi connectivity index (χ0v) is 23.5. The Kier molecular flexibility index (Phi) is 21.6. The van der Waals surface area contributed by atoms with Crippen molar-refractivity contribution in [2.45, 2.75) is 137 Å². The molecule has 34 heavy (non-hydrogen) atoms. The van der Waals surface area contributed by atoms with Crippen LogP contribution in [0.15, 0.2) is 0 Å². The smallest absolute Gasteiger partial charge is 0.307 e. The highest BCUT2D eigenvalue weighted by Gasteiger charge is 2.14. The molecule has 0 unspecified atom stereocenters. The number of esters is 2. The van der Waals surface area contributed by atoms with Crippen molar-refractivity contribution in [2.75, 3.05) is 26.3 Å². The highest BCUT2D eigenvalue weighted by atomic mass is 16.5. The van der Waals surface area contributed by atoms with Gasteiger partial charge >= 0.3 is 11.9 Å². The first-order chi connectivity index (χ1) is 16.2. The summed E-state index contributed by atoms with van der Waals surface area (Å²) < 4.78 is 10.8. The molecule has 0 aliphatic rings. The van der Waals surface area contributed by atoms with E-state index in [-0.39, 0.29) is 18.0 Å². The van der Waals surface area contributed by atoms with Crippen molar-refractivity contribution in [2.24, 2.45) is 11.8 Å². The molecular weight excluding hydrogens is 426 g/mol. The molecule has 0 fully saturated rings. The highest BCUT2D eigenvalue weighted by molar-refractivity contribution is 5.70. The van der Waals surface area contributed by atoms with Crippen LogP contribution in [-0.4, -0.2) is 49.2 Å². The zero-order valence-electron chi connectivity index (χ0n) is 23.5. The molecule has 0 amide bonds. The molecule has 0 aromatic heterocycles. The lowest BCUT2D eigenvalue weighted by Gasteiger charge is -2.25.